The number of aromatic nitrogens is 1. The highest BCUT2D eigenvalue weighted by Gasteiger charge is 2.03. The highest BCUT2D eigenvalue weighted by Crippen LogP contribution is 2.15. The molecule has 0 radical (unpaired) electrons. The van der Waals surface area contributed by atoms with Crippen LogP contribution in [0.3, 0.4) is 0 Å². The summed E-state index contributed by atoms with van der Waals surface area (Å²) in [6.07, 6.45) is 3.20. The van der Waals surface area contributed by atoms with Crippen molar-refractivity contribution in [2.45, 2.75) is 0 Å². The molecule has 0 aliphatic heterocycles. The van der Waals surface area contributed by atoms with Crippen molar-refractivity contribution >= 4 is 18.0 Å². The van der Waals surface area contributed by atoms with Crippen LogP contribution in [0.15, 0.2) is 53.8 Å². The van der Waals surface area contributed by atoms with E-state index in [4.69, 9.17) is 9.84 Å². The Balaban J connectivity index is 2.03. The highest BCUT2D eigenvalue weighted by molar-refractivity contribution is 5.84. The number of pyridine rings is 1. The van der Waals surface area contributed by atoms with Crippen LogP contribution >= 0.6 is 0 Å². The second-order valence-corrected chi connectivity index (χ2v) is 3.81. The summed E-state index contributed by atoms with van der Waals surface area (Å²) in [5.41, 5.74) is 3.45. The molecule has 2 rings (SSSR count). The van der Waals surface area contributed by atoms with Crippen LogP contribution in [0.2, 0.25) is 0 Å². The number of nitrogens with zero attached hydrogens (tertiary/aromatic N) is 2. The Hall–Kier alpha value is -2.89. The molecule has 0 amide bonds. The van der Waals surface area contributed by atoms with E-state index in [0.717, 1.165) is 0 Å². The monoisotopic (exact) mass is 271 g/mol. The molecule has 2 aromatic rings. The van der Waals surface area contributed by atoms with Gasteiger partial charge >= 0.3 is 5.97 Å². The average molecular weight is 271 g/mol. The predicted octanol–water partition coefficient (Wildman–Crippen LogP) is 1.99. The van der Waals surface area contributed by atoms with E-state index in [-0.39, 0.29) is 0 Å². The Bertz CT molecular complexity index is 600. The Morgan fingerprint density at radius 2 is 2.10 bits per heavy atom. The Morgan fingerprint density at radius 3 is 2.85 bits per heavy atom. The van der Waals surface area contributed by atoms with Crippen molar-refractivity contribution in [3.05, 3.63) is 54.2 Å². The van der Waals surface area contributed by atoms with Crippen LogP contribution in [0.4, 0.5) is 5.82 Å². The third kappa shape index (κ3) is 4.09. The number of ether oxygens (including phenoxy) is 1. The number of carbonyl (C=O) groups is 1. The minimum atomic E-state index is -1.02. The van der Waals surface area contributed by atoms with Crippen molar-refractivity contribution in [2.24, 2.45) is 5.10 Å². The summed E-state index contributed by atoms with van der Waals surface area (Å²) in [4.78, 5) is 14.6. The molecule has 0 saturated carbocycles. The number of para-hydroxylation sites is 1. The van der Waals surface area contributed by atoms with Crippen molar-refractivity contribution in [1.82, 2.24) is 4.98 Å². The maximum Gasteiger partial charge on any atom is 0.341 e. The number of hydrogen-bond donors (Lipinski definition) is 2. The third-order valence-corrected chi connectivity index (χ3v) is 2.32. The zero-order valence-corrected chi connectivity index (χ0v) is 10.6. The lowest BCUT2D eigenvalue weighted by molar-refractivity contribution is -0.139. The van der Waals surface area contributed by atoms with Gasteiger partial charge in [-0.2, -0.15) is 5.10 Å². The molecule has 0 aliphatic carbocycles. The number of carboxylic acid groups (broad SMARTS) is 1. The van der Waals surface area contributed by atoms with Crippen LogP contribution in [-0.2, 0) is 4.79 Å². The first-order valence-electron chi connectivity index (χ1n) is 5.89. The molecule has 0 saturated heterocycles. The van der Waals surface area contributed by atoms with Gasteiger partial charge in [-0.05, 0) is 24.3 Å². The molecule has 1 aromatic carbocycles. The van der Waals surface area contributed by atoms with Crippen LogP contribution in [0, 0.1) is 0 Å². The molecule has 20 heavy (non-hydrogen) atoms. The summed E-state index contributed by atoms with van der Waals surface area (Å²) in [7, 11) is 0. The first kappa shape index (κ1) is 13.5. The second kappa shape index (κ2) is 6.89. The molecule has 0 spiro atoms. The van der Waals surface area contributed by atoms with Gasteiger partial charge in [-0.1, -0.05) is 18.2 Å². The van der Waals surface area contributed by atoms with Crippen molar-refractivity contribution < 1.29 is 14.6 Å². The fourth-order valence-corrected chi connectivity index (χ4v) is 1.45. The van der Waals surface area contributed by atoms with Crippen LogP contribution in [0.25, 0.3) is 0 Å². The van der Waals surface area contributed by atoms with Gasteiger partial charge in [0.2, 0.25) is 0 Å². The van der Waals surface area contributed by atoms with Gasteiger partial charge in [0.05, 0.1) is 6.21 Å². The minimum absolute atomic E-state index is 0.390. The van der Waals surface area contributed by atoms with Crippen LogP contribution in [0.5, 0.6) is 5.75 Å². The summed E-state index contributed by atoms with van der Waals surface area (Å²) in [6.45, 7) is -0.390. The largest absolute Gasteiger partial charge is 0.481 e. The first-order chi connectivity index (χ1) is 9.75. The van der Waals surface area contributed by atoms with Crippen molar-refractivity contribution in [3.63, 3.8) is 0 Å². The van der Waals surface area contributed by atoms with E-state index in [0.29, 0.717) is 17.1 Å². The normalized spacial score (nSPS) is 10.4. The number of nitrogens with one attached hydrogen (secondary N) is 1. The van der Waals surface area contributed by atoms with Crippen molar-refractivity contribution in [2.75, 3.05) is 12.0 Å². The molecule has 0 fully saturated rings. The average Bonchev–Trinajstić information content (AvgIpc) is 2.47. The maximum atomic E-state index is 10.5. The number of benzene rings is 1. The SMILES string of the molecule is O=C(O)COc1ccccc1/C=N/Nc1ccccn1. The molecule has 1 aromatic heterocycles. The van der Waals surface area contributed by atoms with Gasteiger partial charge in [0.25, 0.3) is 0 Å². The molecule has 1 heterocycles. The summed E-state index contributed by atoms with van der Waals surface area (Å²) in [5.74, 6) is 0.0532. The highest BCUT2D eigenvalue weighted by atomic mass is 16.5. The molecule has 6 nitrogen and oxygen atoms in total. The molecular weight excluding hydrogens is 258 g/mol. The maximum absolute atomic E-state index is 10.5. The predicted molar refractivity (Wildman–Crippen MR) is 75.0 cm³/mol. The zero-order chi connectivity index (χ0) is 14.2. The van der Waals surface area contributed by atoms with Gasteiger partial charge in [-0.15, -0.1) is 0 Å². The van der Waals surface area contributed by atoms with E-state index < -0.39 is 12.6 Å². The minimum Gasteiger partial charge on any atom is -0.481 e. The smallest absolute Gasteiger partial charge is 0.341 e. The molecule has 6 heteroatoms. The van der Waals surface area contributed by atoms with E-state index in [9.17, 15) is 4.79 Å². The summed E-state index contributed by atoms with van der Waals surface area (Å²) in [5, 5.41) is 12.6. The first-order valence-corrected chi connectivity index (χ1v) is 5.89. The van der Waals surface area contributed by atoms with Crippen LogP contribution < -0.4 is 10.2 Å². The van der Waals surface area contributed by atoms with Crippen molar-refractivity contribution in [3.8, 4) is 5.75 Å². The van der Waals surface area contributed by atoms with Crippen molar-refractivity contribution in [1.29, 1.82) is 0 Å². The number of anilines is 1. The molecule has 0 bridgehead atoms. The number of aliphatic carboxylic acids is 1. The summed E-state index contributed by atoms with van der Waals surface area (Å²) >= 11 is 0. The summed E-state index contributed by atoms with van der Waals surface area (Å²) < 4.78 is 5.17. The standard InChI is InChI=1S/C14H13N3O3/c18-14(19)10-20-12-6-2-1-5-11(12)9-16-17-13-7-3-4-8-15-13/h1-9H,10H2,(H,15,17)(H,18,19)/b16-9+. The van der Waals surface area contributed by atoms with E-state index >= 15 is 0 Å². The second-order valence-electron chi connectivity index (χ2n) is 3.81. The lowest BCUT2D eigenvalue weighted by atomic mass is 10.2. The number of hydrazone groups is 1. The molecule has 0 atom stereocenters. The third-order valence-electron chi connectivity index (χ3n) is 2.32. The molecule has 0 unspecified atom stereocenters. The fraction of sp³-hybridized carbons (Fsp3) is 0.0714. The number of rotatable bonds is 6. The Kier molecular flexibility index (Phi) is 4.66. The van der Waals surface area contributed by atoms with E-state index in [1.54, 1.807) is 36.7 Å². The van der Waals surface area contributed by atoms with E-state index in [1.807, 2.05) is 18.2 Å². The number of hydrogen-bond acceptors (Lipinski definition) is 5. The Morgan fingerprint density at radius 1 is 1.30 bits per heavy atom. The van der Waals surface area contributed by atoms with Gasteiger partial charge < -0.3 is 9.84 Å². The summed E-state index contributed by atoms with van der Waals surface area (Å²) in [6, 6.07) is 12.5. The van der Waals surface area contributed by atoms with E-state index in [2.05, 4.69) is 15.5 Å². The van der Waals surface area contributed by atoms with Gasteiger partial charge in [-0.3, -0.25) is 5.43 Å². The Labute approximate surface area is 115 Å². The lowest BCUT2D eigenvalue weighted by Crippen LogP contribution is -2.10. The lowest BCUT2D eigenvalue weighted by Gasteiger charge is -2.06. The zero-order valence-electron chi connectivity index (χ0n) is 10.6. The van der Waals surface area contributed by atoms with Crippen LogP contribution in [0.1, 0.15) is 5.56 Å². The van der Waals surface area contributed by atoms with Gasteiger partial charge in [0.15, 0.2) is 6.61 Å². The molecular formula is C14H13N3O3. The number of carboxylic acids is 1. The molecule has 0 aliphatic rings. The molecule has 102 valence electrons. The van der Waals surface area contributed by atoms with E-state index in [1.165, 1.54) is 0 Å². The van der Waals surface area contributed by atoms with Gasteiger partial charge in [0.1, 0.15) is 11.6 Å². The molecule has 2 N–H and O–H groups in total. The van der Waals surface area contributed by atoms with Gasteiger partial charge in [-0.25, -0.2) is 9.78 Å². The fourth-order valence-electron chi connectivity index (χ4n) is 1.45. The quantitative estimate of drug-likeness (QED) is 0.620. The topological polar surface area (TPSA) is 83.8 Å². The van der Waals surface area contributed by atoms with Crippen LogP contribution in [-0.4, -0.2) is 28.9 Å². The van der Waals surface area contributed by atoms with Gasteiger partial charge in [0, 0.05) is 11.8 Å².